The molecule has 0 spiro atoms. The fourth-order valence-electron chi connectivity index (χ4n) is 1.62. The highest BCUT2D eigenvalue weighted by Crippen LogP contribution is 2.13. The third-order valence-corrected chi connectivity index (χ3v) is 3.18. The Balaban J connectivity index is 0. The van der Waals surface area contributed by atoms with Crippen LogP contribution in [0, 0.1) is 11.8 Å². The van der Waals surface area contributed by atoms with E-state index in [2.05, 4.69) is 5.32 Å². The van der Waals surface area contributed by atoms with Crippen LogP contribution in [0.25, 0.3) is 0 Å². The number of ether oxygens (including phenoxy) is 1. The van der Waals surface area contributed by atoms with Crippen molar-refractivity contribution in [2.45, 2.75) is 72.6 Å². The highest BCUT2D eigenvalue weighted by atomic mass is 35.5. The molecule has 0 rings (SSSR count). The second-order valence-corrected chi connectivity index (χ2v) is 6.68. The number of halogens is 1. The lowest BCUT2D eigenvalue weighted by Crippen LogP contribution is -2.53. The number of nitrogens with two attached hydrogens (primary N) is 1. The van der Waals surface area contributed by atoms with Gasteiger partial charge in [0.25, 0.3) is 0 Å². The lowest BCUT2D eigenvalue weighted by Gasteiger charge is -2.28. The maximum Gasteiger partial charge on any atom is 0.329 e. The molecule has 1 amide bonds. The van der Waals surface area contributed by atoms with Crippen LogP contribution < -0.4 is 11.1 Å². The van der Waals surface area contributed by atoms with Crippen LogP contribution in [0.4, 0.5) is 0 Å². The molecule has 0 radical (unpaired) electrons. The quantitative estimate of drug-likeness (QED) is 0.735. The molecule has 0 aliphatic heterocycles. The van der Waals surface area contributed by atoms with Gasteiger partial charge in [0, 0.05) is 0 Å². The molecular formula is C15H31ClN2O3. The van der Waals surface area contributed by atoms with Crippen molar-refractivity contribution in [3.05, 3.63) is 0 Å². The zero-order valence-electron chi connectivity index (χ0n) is 14.2. The van der Waals surface area contributed by atoms with Gasteiger partial charge in [0.2, 0.25) is 5.91 Å². The molecule has 0 bridgehead atoms. The van der Waals surface area contributed by atoms with Gasteiger partial charge >= 0.3 is 5.97 Å². The van der Waals surface area contributed by atoms with Crippen molar-refractivity contribution in [3.63, 3.8) is 0 Å². The van der Waals surface area contributed by atoms with E-state index in [1.165, 1.54) is 0 Å². The second-order valence-electron chi connectivity index (χ2n) is 6.68. The predicted octanol–water partition coefficient (Wildman–Crippen LogP) is 2.26. The van der Waals surface area contributed by atoms with E-state index in [9.17, 15) is 9.59 Å². The fourth-order valence-corrected chi connectivity index (χ4v) is 1.62. The Bertz CT molecular complexity index is 340. The summed E-state index contributed by atoms with van der Waals surface area (Å²) in [6, 6.07) is -1.28. The average Bonchev–Trinajstić information content (AvgIpc) is 2.30. The molecule has 0 aliphatic carbocycles. The van der Waals surface area contributed by atoms with Crippen LogP contribution in [0.3, 0.4) is 0 Å². The average molecular weight is 323 g/mol. The highest BCUT2D eigenvalue weighted by Gasteiger charge is 2.31. The van der Waals surface area contributed by atoms with Gasteiger partial charge in [-0.25, -0.2) is 4.79 Å². The minimum atomic E-state index is -0.670. The molecule has 0 aromatic rings. The summed E-state index contributed by atoms with van der Waals surface area (Å²) >= 11 is 0. The first-order chi connectivity index (χ1) is 8.99. The lowest BCUT2D eigenvalue weighted by atomic mass is 9.97. The number of rotatable bonds is 6. The van der Waals surface area contributed by atoms with Gasteiger partial charge in [0.15, 0.2) is 0 Å². The van der Waals surface area contributed by atoms with Crippen molar-refractivity contribution in [1.29, 1.82) is 0 Å². The van der Waals surface area contributed by atoms with E-state index < -0.39 is 23.7 Å². The molecule has 0 aliphatic rings. The number of hydrogen-bond donors (Lipinski definition) is 2. The van der Waals surface area contributed by atoms with Gasteiger partial charge in [-0.2, -0.15) is 0 Å². The van der Waals surface area contributed by atoms with Crippen LogP contribution in [0.15, 0.2) is 0 Å². The maximum absolute atomic E-state index is 12.1. The summed E-state index contributed by atoms with van der Waals surface area (Å²) in [6.07, 6.45) is 0.813. The summed E-state index contributed by atoms with van der Waals surface area (Å²) in [4.78, 5) is 24.2. The van der Waals surface area contributed by atoms with Gasteiger partial charge < -0.3 is 15.8 Å². The maximum atomic E-state index is 12.1. The zero-order chi connectivity index (χ0) is 16.1. The number of hydrogen-bond acceptors (Lipinski definition) is 4. The number of nitrogens with one attached hydrogen (secondary N) is 1. The second kappa shape index (κ2) is 9.26. The number of esters is 1. The van der Waals surface area contributed by atoms with Crippen molar-refractivity contribution >= 4 is 24.3 Å². The van der Waals surface area contributed by atoms with Gasteiger partial charge in [0.1, 0.15) is 11.6 Å². The molecular weight excluding hydrogens is 292 g/mol. The van der Waals surface area contributed by atoms with Crippen molar-refractivity contribution in [2.24, 2.45) is 17.6 Å². The number of carbonyl (C=O) groups excluding carboxylic acids is 2. The molecule has 5 nitrogen and oxygen atoms in total. The summed E-state index contributed by atoms with van der Waals surface area (Å²) in [5.41, 5.74) is 5.31. The standard InChI is InChI=1S/C15H30N2O3.ClH/c1-8-10(4)11(16)13(18)17-12(9(2)3)14(19)20-15(5,6)7;/h9-12H,8,16H2,1-7H3,(H,17,18);1H/t10-,11-,12-;/m0./s1. The van der Waals surface area contributed by atoms with Crippen LogP contribution in [-0.4, -0.2) is 29.6 Å². The van der Waals surface area contributed by atoms with Crippen LogP contribution >= 0.6 is 12.4 Å². The molecule has 0 aromatic heterocycles. The van der Waals surface area contributed by atoms with Crippen molar-refractivity contribution in [3.8, 4) is 0 Å². The predicted molar refractivity (Wildman–Crippen MR) is 87.3 cm³/mol. The molecule has 3 N–H and O–H groups in total. The Kier molecular flexibility index (Phi) is 9.91. The first-order valence-electron chi connectivity index (χ1n) is 7.28. The smallest absolute Gasteiger partial charge is 0.329 e. The Labute approximate surface area is 134 Å². The largest absolute Gasteiger partial charge is 0.458 e. The summed E-state index contributed by atoms with van der Waals surface area (Å²) in [7, 11) is 0. The Morgan fingerprint density at radius 3 is 2.00 bits per heavy atom. The van der Waals surface area contributed by atoms with Crippen LogP contribution in [-0.2, 0) is 14.3 Å². The molecule has 126 valence electrons. The summed E-state index contributed by atoms with van der Waals surface area (Å²) in [5, 5.41) is 2.72. The van der Waals surface area contributed by atoms with E-state index >= 15 is 0 Å². The normalized spacial score (nSPS) is 15.7. The van der Waals surface area contributed by atoms with E-state index in [4.69, 9.17) is 10.5 Å². The Hall–Kier alpha value is -0.810. The lowest BCUT2D eigenvalue weighted by molar-refractivity contribution is -0.160. The van der Waals surface area contributed by atoms with E-state index in [0.29, 0.717) is 0 Å². The Morgan fingerprint density at radius 2 is 1.67 bits per heavy atom. The molecule has 0 saturated carbocycles. The SMILES string of the molecule is CC[C@H](C)[C@H](N)C(=O)N[C@H](C(=O)OC(C)(C)C)C(C)C.Cl. The van der Waals surface area contributed by atoms with E-state index in [1.54, 1.807) is 20.8 Å². The third kappa shape index (κ3) is 8.27. The third-order valence-electron chi connectivity index (χ3n) is 3.18. The van der Waals surface area contributed by atoms with Gasteiger partial charge in [-0.1, -0.05) is 34.1 Å². The topological polar surface area (TPSA) is 81.4 Å². The molecule has 21 heavy (non-hydrogen) atoms. The van der Waals surface area contributed by atoms with Crippen LogP contribution in [0.5, 0.6) is 0 Å². The van der Waals surface area contributed by atoms with E-state index in [-0.39, 0.29) is 30.2 Å². The molecule has 0 aromatic carbocycles. The van der Waals surface area contributed by atoms with Crippen molar-refractivity contribution < 1.29 is 14.3 Å². The minimum Gasteiger partial charge on any atom is -0.458 e. The van der Waals surface area contributed by atoms with E-state index in [0.717, 1.165) is 6.42 Å². The monoisotopic (exact) mass is 322 g/mol. The molecule has 0 fully saturated rings. The number of carbonyl (C=O) groups is 2. The summed E-state index contributed by atoms with van der Waals surface area (Å²) < 4.78 is 5.33. The summed E-state index contributed by atoms with van der Waals surface area (Å²) in [6.45, 7) is 13.0. The van der Waals surface area contributed by atoms with E-state index in [1.807, 2.05) is 27.7 Å². The molecule has 3 atom stereocenters. The Morgan fingerprint density at radius 1 is 1.19 bits per heavy atom. The minimum absolute atomic E-state index is 0. The molecule has 0 unspecified atom stereocenters. The fraction of sp³-hybridized carbons (Fsp3) is 0.867. The van der Waals surface area contributed by atoms with Crippen molar-refractivity contribution in [2.75, 3.05) is 0 Å². The van der Waals surface area contributed by atoms with Gasteiger partial charge in [0.05, 0.1) is 6.04 Å². The molecule has 6 heteroatoms. The molecule has 0 heterocycles. The number of amides is 1. The first-order valence-corrected chi connectivity index (χ1v) is 7.28. The summed E-state index contributed by atoms with van der Waals surface area (Å²) in [5.74, 6) is -0.708. The van der Waals surface area contributed by atoms with Crippen molar-refractivity contribution in [1.82, 2.24) is 5.32 Å². The van der Waals surface area contributed by atoms with Gasteiger partial charge in [-0.05, 0) is 32.6 Å². The van der Waals surface area contributed by atoms with Gasteiger partial charge in [-0.3, -0.25) is 4.79 Å². The molecule has 0 saturated heterocycles. The zero-order valence-corrected chi connectivity index (χ0v) is 15.0. The van der Waals surface area contributed by atoms with Crippen LogP contribution in [0.1, 0.15) is 54.9 Å². The highest BCUT2D eigenvalue weighted by molar-refractivity contribution is 5.87. The first kappa shape index (κ1) is 22.5. The van der Waals surface area contributed by atoms with Crippen LogP contribution in [0.2, 0.25) is 0 Å². The van der Waals surface area contributed by atoms with Gasteiger partial charge in [-0.15, -0.1) is 12.4 Å².